The second-order valence-corrected chi connectivity index (χ2v) is 37.2. The van der Waals surface area contributed by atoms with Gasteiger partial charge in [0.15, 0.2) is 11.4 Å². The van der Waals surface area contributed by atoms with Gasteiger partial charge >= 0.3 is 11.9 Å². The van der Waals surface area contributed by atoms with E-state index in [9.17, 15) is 47.9 Å². The lowest BCUT2D eigenvalue weighted by molar-refractivity contribution is -0.118. The quantitative estimate of drug-likeness (QED) is 0.0807. The van der Waals surface area contributed by atoms with Gasteiger partial charge in [0, 0.05) is 170 Å². The summed E-state index contributed by atoms with van der Waals surface area (Å²) in [6.07, 6.45) is 16.2. The monoisotopic (exact) mass is 1800 g/mol. The highest BCUT2D eigenvalue weighted by Gasteiger charge is 2.59. The van der Waals surface area contributed by atoms with E-state index >= 15 is 0 Å². The Kier molecular flexibility index (Phi) is 22.7. The fraction of sp³-hybridized carbons (Fsp3) is 0.451. The van der Waals surface area contributed by atoms with Crippen LogP contribution in [0, 0.1) is 0 Å². The van der Waals surface area contributed by atoms with Crippen molar-refractivity contribution in [3.05, 3.63) is 185 Å². The number of aromatic carboxylic acids is 1. The molecule has 2 saturated heterocycles. The standard InChI is InChI=1S/C16H19N3O3.C14H17N3O2.C13H14N2O3.C12H12N2O3.C11H11ClN2O.C9H7ClN2O.C9H9ClN2.C7H5ClN2O/c1-11(20)19-10-16(4-5-16)12-2-3-13(17-14(12)19)15(21)18-6-8-22-9-7-18;18-13(17-5-7-19-8-6-17)11-2-1-10-12(16-11)15-9-14(10)3-4-14;1-8(16)15-7-13(5-6-13)9-3-4-10(12(17)18-2)14-11(9)15;1-7(15)14-6-12(4-5-12)8-2-3-9(11(16)17)13-10(8)14;1-7(15)14-6-11(4-5-11)8-2-3-9(12)13-10(8)14;10-6-2-1-5-7(11-6)12-8(13)9(5)3-4-9;10-7-2-1-6-8(12-7)11-5-9(6)3-4-9;8-5-2-1-4-3-6(11)10-7(4)9-5/h2-3H,4-10H2,1H3;1-2H,3-9H2,(H,15,16);3-4H,5-7H2,1-2H3;2-3H,4-6H2,1H3,(H,16,17);2-3H,4-6H2,1H3;1-2H,3-4H2,(H,11,12,13);1-2H,3-5H2,(H,11,12);1-2H,3H2,(H,9,10,11). The minimum Gasteiger partial charge on any atom is -0.477 e. The first kappa shape index (κ1) is 86.3. The first-order chi connectivity index (χ1) is 60.9. The number of carboxylic acids is 1. The third-order valence-corrected chi connectivity index (χ3v) is 28.2. The van der Waals surface area contributed by atoms with Crippen molar-refractivity contribution in [1.29, 1.82) is 0 Å². The van der Waals surface area contributed by atoms with Gasteiger partial charge in [0.05, 0.1) is 45.4 Å². The van der Waals surface area contributed by atoms with E-state index in [0.717, 1.165) is 129 Å². The van der Waals surface area contributed by atoms with E-state index in [-0.39, 0.29) is 85.7 Å². The van der Waals surface area contributed by atoms with Crippen molar-refractivity contribution in [3.63, 3.8) is 0 Å². The zero-order chi connectivity index (χ0) is 89.0. The summed E-state index contributed by atoms with van der Waals surface area (Å²) in [7, 11) is 1.32. The van der Waals surface area contributed by atoms with Crippen LogP contribution in [0.3, 0.4) is 0 Å². The van der Waals surface area contributed by atoms with Crippen LogP contribution in [0.4, 0.5) is 46.5 Å². The van der Waals surface area contributed by atoms with Crippen molar-refractivity contribution < 1.29 is 67.3 Å². The molecule has 5 N–H and O–H groups in total. The molecule has 36 heteroatoms. The van der Waals surface area contributed by atoms with Gasteiger partial charge in [-0.15, -0.1) is 0 Å². The Morgan fingerprint density at radius 3 is 1.13 bits per heavy atom. The van der Waals surface area contributed by atoms with Gasteiger partial charge in [-0.2, -0.15) is 0 Å². The average molecular weight is 1810 g/mol. The van der Waals surface area contributed by atoms with Gasteiger partial charge in [0.1, 0.15) is 78.5 Å². The molecule has 10 aliphatic heterocycles. The second-order valence-electron chi connectivity index (χ2n) is 35.7. The lowest BCUT2D eigenvalue weighted by Crippen LogP contribution is -2.41. The molecule has 32 nitrogen and oxygen atoms in total. The van der Waals surface area contributed by atoms with Crippen molar-refractivity contribution >= 4 is 152 Å². The van der Waals surface area contributed by atoms with Gasteiger partial charge in [-0.1, -0.05) is 94.9 Å². The minimum absolute atomic E-state index is 0.00602. The number of nitrogens with zero attached hydrogens (tertiary/aromatic N) is 14. The third-order valence-electron chi connectivity index (χ3n) is 27.3. The van der Waals surface area contributed by atoms with E-state index in [0.29, 0.717) is 151 Å². The van der Waals surface area contributed by atoms with Crippen molar-refractivity contribution in [2.24, 2.45) is 0 Å². The molecule has 8 amide bonds. The van der Waals surface area contributed by atoms with Crippen molar-refractivity contribution in [3.8, 4) is 0 Å². The van der Waals surface area contributed by atoms with Crippen molar-refractivity contribution in [2.75, 3.05) is 140 Å². The smallest absolute Gasteiger partial charge is 0.356 e. The Morgan fingerprint density at radius 1 is 0.378 bits per heavy atom. The summed E-state index contributed by atoms with van der Waals surface area (Å²) >= 11 is 23.0. The van der Waals surface area contributed by atoms with Crippen molar-refractivity contribution in [2.45, 2.75) is 162 Å². The number of hydrogen-bond acceptors (Lipinski definition) is 23. The summed E-state index contributed by atoms with van der Waals surface area (Å²) in [5.41, 5.74) is 11.2. The number of halogens is 4. The highest BCUT2D eigenvalue weighted by Crippen LogP contribution is 2.61. The summed E-state index contributed by atoms with van der Waals surface area (Å²) < 4.78 is 15.2. The lowest BCUT2D eigenvalue weighted by Gasteiger charge is -2.26. The Bertz CT molecular complexity index is 5920. The molecule has 0 aromatic carbocycles. The Hall–Kier alpha value is -11.4. The minimum atomic E-state index is -1.06. The molecule has 0 atom stereocenters. The maximum Gasteiger partial charge on any atom is 0.356 e. The molecule has 7 saturated carbocycles. The zero-order valence-electron chi connectivity index (χ0n) is 70.8. The van der Waals surface area contributed by atoms with E-state index in [1.165, 1.54) is 69.4 Å². The van der Waals surface area contributed by atoms with Crippen LogP contribution in [0.2, 0.25) is 20.6 Å². The Morgan fingerprint density at radius 2 is 0.717 bits per heavy atom. The predicted octanol–water partition coefficient (Wildman–Crippen LogP) is 11.7. The largest absolute Gasteiger partial charge is 0.477 e. The highest BCUT2D eigenvalue weighted by atomic mass is 35.5. The summed E-state index contributed by atoms with van der Waals surface area (Å²) in [6.45, 7) is 15.9. The Balaban J connectivity index is 0.0000000990. The number of rotatable bonds is 4. The molecule has 9 fully saturated rings. The molecule has 8 aromatic rings. The number of carbonyl (C=O) groups is 10. The number of carbonyl (C=O) groups excluding carboxylic acids is 9. The number of esters is 1. The number of nitrogens with one attached hydrogen (secondary N) is 4. The number of carboxylic acid groups (broad SMARTS) is 1. The fourth-order valence-corrected chi connectivity index (χ4v) is 19.3. The zero-order valence-corrected chi connectivity index (χ0v) is 73.8. The fourth-order valence-electron chi connectivity index (χ4n) is 18.7. The molecule has 0 radical (unpaired) electrons. The normalized spacial score (nSPS) is 20.4. The van der Waals surface area contributed by atoms with Crippen LogP contribution in [0.1, 0.15) is 204 Å². The molecule has 8 aromatic heterocycles. The highest BCUT2D eigenvalue weighted by molar-refractivity contribution is 6.30. The number of methoxy groups -OCH3 is 1. The van der Waals surface area contributed by atoms with E-state index in [4.69, 9.17) is 61.0 Å². The molecule has 17 aliphatic rings. The molecule has 18 heterocycles. The molecular formula is C91H94Cl4N18O14. The van der Waals surface area contributed by atoms with E-state index in [1.54, 1.807) is 62.6 Å². The van der Waals surface area contributed by atoms with Crippen LogP contribution in [-0.4, -0.2) is 213 Å². The van der Waals surface area contributed by atoms with Gasteiger partial charge in [-0.3, -0.25) is 58.0 Å². The molecule has 25 rings (SSSR count). The first-order valence-electron chi connectivity index (χ1n) is 42.9. The van der Waals surface area contributed by atoms with E-state index < -0.39 is 11.9 Å². The maximum atomic E-state index is 12.6. The SMILES string of the molecule is CC(=O)N1CC2(CC2)c2ccc(C(=O)N3CCOCC3)nc21.CC(=O)N1CC2(CC2)c2ccc(C(=O)O)nc21.CC(=O)N1CC2(CC2)c2ccc(Cl)nc21.COC(=O)c1ccc2c(n1)N(C(C)=O)CC21CC1.Clc1ccc2c(n1)NCC21CC1.O=C(c1ccc2c(n1)NCC21CC1)N1CCOCC1.O=C1Cc2ccc(Cl)nc2N1.O=C1Nc2nc(Cl)ccc2C12CC2. The number of morpholine rings is 2. The summed E-state index contributed by atoms with van der Waals surface area (Å²) in [6, 6.07) is 29.6. The number of ether oxygens (including phenoxy) is 3. The molecule has 127 heavy (non-hydrogen) atoms. The lowest BCUT2D eigenvalue weighted by atomic mass is 10.00. The van der Waals surface area contributed by atoms with E-state index in [1.807, 2.05) is 59.5 Å². The van der Waals surface area contributed by atoms with Crippen LogP contribution in [0.5, 0.6) is 0 Å². The molecule has 0 bridgehead atoms. The molecule has 7 aliphatic carbocycles. The number of anilines is 8. The number of hydrogen-bond donors (Lipinski definition) is 5. The average Bonchev–Trinajstić information content (AvgIpc) is 1.56. The van der Waals surface area contributed by atoms with Gasteiger partial charge < -0.3 is 50.4 Å². The van der Waals surface area contributed by atoms with Gasteiger partial charge in [-0.05, 0) is 138 Å². The molecule has 7 spiro atoms. The number of fused-ring (bicyclic) bond motifs is 15. The van der Waals surface area contributed by atoms with Crippen LogP contribution < -0.4 is 40.9 Å². The molecule has 0 unspecified atom stereocenters. The first-order valence-corrected chi connectivity index (χ1v) is 44.4. The second kappa shape index (κ2) is 33.3. The molecule has 660 valence electrons. The van der Waals surface area contributed by atoms with Crippen LogP contribution in [0.15, 0.2) is 97.1 Å². The summed E-state index contributed by atoms with van der Waals surface area (Å²) in [5, 5.41) is 22.8. The number of amides is 8. The topological polar surface area (TPSA) is 389 Å². The summed E-state index contributed by atoms with van der Waals surface area (Å²) in [5.74, 6) is 4.18. The van der Waals surface area contributed by atoms with Gasteiger partial charge in [0.2, 0.25) is 35.4 Å². The Labute approximate surface area is 751 Å². The van der Waals surface area contributed by atoms with Gasteiger partial charge in [0.25, 0.3) is 11.8 Å². The maximum absolute atomic E-state index is 12.6. The van der Waals surface area contributed by atoms with Crippen molar-refractivity contribution in [1.82, 2.24) is 49.7 Å². The van der Waals surface area contributed by atoms with Gasteiger partial charge in [-0.25, -0.2) is 49.5 Å². The van der Waals surface area contributed by atoms with E-state index in [2.05, 4.69) is 78.0 Å². The van der Waals surface area contributed by atoms with Crippen LogP contribution in [-0.2, 0) is 87.3 Å². The predicted molar refractivity (Wildman–Crippen MR) is 472 cm³/mol. The summed E-state index contributed by atoms with van der Waals surface area (Å²) in [4.78, 5) is 160. The molecular weight excluding hydrogens is 1710 g/mol. The van der Waals surface area contributed by atoms with Crippen LogP contribution in [0.25, 0.3) is 0 Å². The number of aromatic nitrogens is 8. The third kappa shape index (κ3) is 16.8. The van der Waals surface area contributed by atoms with Crippen LogP contribution >= 0.6 is 46.4 Å². The number of pyridine rings is 8.